The van der Waals surface area contributed by atoms with Gasteiger partial charge in [0.2, 0.25) is 5.91 Å². The molecule has 0 bridgehead atoms. The molecule has 0 saturated carbocycles. The van der Waals surface area contributed by atoms with Crippen LogP contribution >= 0.6 is 0 Å². The summed E-state index contributed by atoms with van der Waals surface area (Å²) >= 11 is 0. The molecule has 0 fully saturated rings. The van der Waals surface area contributed by atoms with E-state index in [0.717, 1.165) is 11.1 Å². The summed E-state index contributed by atoms with van der Waals surface area (Å²) in [6.07, 6.45) is 0. The molecular weight excluding hydrogens is 300 g/mol. The van der Waals surface area contributed by atoms with E-state index in [9.17, 15) is 9.59 Å². The van der Waals surface area contributed by atoms with Crippen molar-refractivity contribution in [3.05, 3.63) is 71.3 Å². The third-order valence-electron chi connectivity index (χ3n) is 4.11. The zero-order valence-electron chi connectivity index (χ0n) is 14.5. The lowest BCUT2D eigenvalue weighted by Gasteiger charge is -2.28. The van der Waals surface area contributed by atoms with E-state index in [1.165, 1.54) is 0 Å². The van der Waals surface area contributed by atoms with Crippen molar-refractivity contribution < 1.29 is 9.59 Å². The van der Waals surface area contributed by atoms with Gasteiger partial charge < -0.3 is 10.2 Å². The van der Waals surface area contributed by atoms with E-state index in [1.807, 2.05) is 56.3 Å². The number of benzene rings is 2. The molecule has 0 aromatic heterocycles. The molecule has 4 nitrogen and oxygen atoms in total. The molecule has 1 atom stereocenters. The van der Waals surface area contributed by atoms with Crippen LogP contribution < -0.4 is 5.32 Å². The molecule has 2 aromatic rings. The van der Waals surface area contributed by atoms with Crippen LogP contribution in [0.3, 0.4) is 0 Å². The van der Waals surface area contributed by atoms with Gasteiger partial charge in [0.25, 0.3) is 5.91 Å². The van der Waals surface area contributed by atoms with E-state index >= 15 is 0 Å². The smallest absolute Gasteiger partial charge is 0.251 e. The summed E-state index contributed by atoms with van der Waals surface area (Å²) in [5.41, 5.74) is 2.83. The summed E-state index contributed by atoms with van der Waals surface area (Å²) in [5, 5.41) is 2.88. The van der Waals surface area contributed by atoms with E-state index in [1.54, 1.807) is 24.0 Å². The van der Waals surface area contributed by atoms with E-state index in [-0.39, 0.29) is 17.9 Å². The average Bonchev–Trinajstić information content (AvgIpc) is 2.59. The quantitative estimate of drug-likeness (QED) is 0.886. The molecular formula is C20H24N2O2. The van der Waals surface area contributed by atoms with Crippen molar-refractivity contribution >= 4 is 11.8 Å². The molecule has 0 aliphatic rings. The van der Waals surface area contributed by atoms with Gasteiger partial charge in [-0.3, -0.25) is 9.59 Å². The first kappa shape index (κ1) is 17.7. The van der Waals surface area contributed by atoms with Gasteiger partial charge in [0.15, 0.2) is 0 Å². The summed E-state index contributed by atoms with van der Waals surface area (Å²) in [5.74, 6) is -0.123. The number of rotatable bonds is 6. The molecule has 126 valence electrons. The second kappa shape index (κ2) is 8.29. The van der Waals surface area contributed by atoms with Crippen LogP contribution in [0.15, 0.2) is 54.6 Å². The van der Waals surface area contributed by atoms with Gasteiger partial charge in [0, 0.05) is 25.6 Å². The summed E-state index contributed by atoms with van der Waals surface area (Å²) < 4.78 is 0. The lowest BCUT2D eigenvalue weighted by molar-refractivity contribution is -0.130. The zero-order chi connectivity index (χ0) is 17.5. The monoisotopic (exact) mass is 324 g/mol. The molecule has 4 heteroatoms. The molecule has 0 saturated heterocycles. The molecule has 2 amide bonds. The fourth-order valence-corrected chi connectivity index (χ4v) is 2.63. The molecule has 0 aliphatic carbocycles. The molecule has 1 unspecified atom stereocenters. The van der Waals surface area contributed by atoms with Crippen molar-refractivity contribution in [2.75, 3.05) is 13.1 Å². The number of nitrogens with zero attached hydrogens (tertiary/aromatic N) is 1. The van der Waals surface area contributed by atoms with Crippen molar-refractivity contribution in [2.45, 2.75) is 26.8 Å². The van der Waals surface area contributed by atoms with Crippen LogP contribution in [0.1, 0.15) is 41.4 Å². The number of aryl methyl sites for hydroxylation is 1. The maximum Gasteiger partial charge on any atom is 0.251 e. The SMILES string of the molecule is CC(=O)N(CCNC(=O)c1ccc(C)cc1)C(C)c1ccccc1. The number of carbonyl (C=O) groups excluding carboxylic acids is 2. The van der Waals surface area contributed by atoms with Gasteiger partial charge in [0.1, 0.15) is 0 Å². The third-order valence-corrected chi connectivity index (χ3v) is 4.11. The second-order valence-electron chi connectivity index (χ2n) is 5.92. The van der Waals surface area contributed by atoms with Crippen LogP contribution in [0.2, 0.25) is 0 Å². The Morgan fingerprint density at radius 1 is 1.04 bits per heavy atom. The first-order valence-electron chi connectivity index (χ1n) is 8.16. The highest BCUT2D eigenvalue weighted by Gasteiger charge is 2.18. The van der Waals surface area contributed by atoms with Gasteiger partial charge >= 0.3 is 0 Å². The minimum Gasteiger partial charge on any atom is -0.350 e. The summed E-state index contributed by atoms with van der Waals surface area (Å²) in [4.78, 5) is 25.9. The van der Waals surface area contributed by atoms with Gasteiger partial charge in [0.05, 0.1) is 6.04 Å². The fourth-order valence-electron chi connectivity index (χ4n) is 2.63. The minimum absolute atomic E-state index is 0.00376. The van der Waals surface area contributed by atoms with Crippen molar-refractivity contribution in [3.8, 4) is 0 Å². The highest BCUT2D eigenvalue weighted by molar-refractivity contribution is 5.94. The second-order valence-corrected chi connectivity index (χ2v) is 5.92. The maximum absolute atomic E-state index is 12.1. The molecule has 0 spiro atoms. The van der Waals surface area contributed by atoms with Crippen LogP contribution in [0.25, 0.3) is 0 Å². The lowest BCUT2D eigenvalue weighted by Crippen LogP contribution is -2.39. The Hall–Kier alpha value is -2.62. The van der Waals surface area contributed by atoms with Gasteiger partial charge in [-0.2, -0.15) is 0 Å². The van der Waals surface area contributed by atoms with Crippen molar-refractivity contribution in [3.63, 3.8) is 0 Å². The average molecular weight is 324 g/mol. The van der Waals surface area contributed by atoms with E-state index < -0.39 is 0 Å². The Morgan fingerprint density at radius 3 is 2.25 bits per heavy atom. The number of amides is 2. The van der Waals surface area contributed by atoms with Crippen molar-refractivity contribution in [1.29, 1.82) is 0 Å². The van der Waals surface area contributed by atoms with Gasteiger partial charge in [-0.15, -0.1) is 0 Å². The summed E-state index contributed by atoms with van der Waals surface area (Å²) in [6.45, 7) is 6.43. The standard InChI is InChI=1S/C20H24N2O2/c1-15-9-11-19(12-10-15)20(24)21-13-14-22(17(3)23)16(2)18-7-5-4-6-8-18/h4-12,16H,13-14H2,1-3H3,(H,21,24). The predicted octanol–water partition coefficient (Wildman–Crippen LogP) is 3.33. The van der Waals surface area contributed by atoms with Crippen molar-refractivity contribution in [2.24, 2.45) is 0 Å². The Morgan fingerprint density at radius 2 is 1.67 bits per heavy atom. The Labute approximate surface area is 143 Å². The van der Waals surface area contributed by atoms with E-state index in [4.69, 9.17) is 0 Å². The highest BCUT2D eigenvalue weighted by atomic mass is 16.2. The highest BCUT2D eigenvalue weighted by Crippen LogP contribution is 2.19. The van der Waals surface area contributed by atoms with Crippen LogP contribution in [-0.2, 0) is 4.79 Å². The van der Waals surface area contributed by atoms with Crippen molar-refractivity contribution in [1.82, 2.24) is 10.2 Å². The molecule has 1 N–H and O–H groups in total. The molecule has 2 rings (SSSR count). The number of nitrogens with one attached hydrogen (secondary N) is 1. The lowest BCUT2D eigenvalue weighted by atomic mass is 10.1. The first-order chi connectivity index (χ1) is 11.5. The molecule has 0 heterocycles. The predicted molar refractivity (Wildman–Crippen MR) is 95.8 cm³/mol. The Bertz CT molecular complexity index is 681. The number of hydrogen-bond donors (Lipinski definition) is 1. The molecule has 24 heavy (non-hydrogen) atoms. The molecule has 0 radical (unpaired) electrons. The molecule has 2 aromatic carbocycles. The van der Waals surface area contributed by atoms with Gasteiger partial charge in [-0.25, -0.2) is 0 Å². The van der Waals surface area contributed by atoms with Crippen LogP contribution in [0, 0.1) is 6.92 Å². The first-order valence-corrected chi connectivity index (χ1v) is 8.16. The summed E-state index contributed by atoms with van der Waals surface area (Å²) in [6, 6.07) is 17.3. The van der Waals surface area contributed by atoms with Crippen LogP contribution in [0.4, 0.5) is 0 Å². The Balaban J connectivity index is 1.93. The number of carbonyl (C=O) groups is 2. The zero-order valence-corrected chi connectivity index (χ0v) is 14.5. The maximum atomic E-state index is 12.1. The van der Waals surface area contributed by atoms with Gasteiger partial charge in [-0.05, 0) is 31.5 Å². The largest absolute Gasteiger partial charge is 0.350 e. The van der Waals surface area contributed by atoms with E-state index in [0.29, 0.717) is 18.7 Å². The third kappa shape index (κ3) is 4.69. The minimum atomic E-state index is -0.120. The van der Waals surface area contributed by atoms with Crippen LogP contribution in [-0.4, -0.2) is 29.8 Å². The topological polar surface area (TPSA) is 49.4 Å². The summed E-state index contributed by atoms with van der Waals surface area (Å²) in [7, 11) is 0. The normalized spacial score (nSPS) is 11.6. The molecule has 0 aliphatic heterocycles. The van der Waals surface area contributed by atoms with Gasteiger partial charge in [-0.1, -0.05) is 48.0 Å². The Kier molecular flexibility index (Phi) is 6.13. The van der Waals surface area contributed by atoms with Crippen LogP contribution in [0.5, 0.6) is 0 Å². The van der Waals surface area contributed by atoms with E-state index in [2.05, 4.69) is 5.32 Å². The number of hydrogen-bond acceptors (Lipinski definition) is 2. The fraction of sp³-hybridized carbons (Fsp3) is 0.300.